The Morgan fingerprint density at radius 3 is 2.38 bits per heavy atom. The largest absolute Gasteiger partial charge is 0.459 e. The second-order valence-corrected chi connectivity index (χ2v) is 8.62. The van der Waals surface area contributed by atoms with E-state index in [1.807, 2.05) is 56.0 Å². The molecule has 0 bridgehead atoms. The fourth-order valence-corrected chi connectivity index (χ4v) is 3.45. The van der Waals surface area contributed by atoms with E-state index < -0.39 is 11.7 Å². The molecule has 1 aromatic carbocycles. The van der Waals surface area contributed by atoms with Gasteiger partial charge in [-0.25, -0.2) is 4.79 Å². The zero-order valence-corrected chi connectivity index (χ0v) is 18.0. The average Bonchev–Trinajstić information content (AvgIpc) is 2.64. The smallest absolute Gasteiger partial charge is 0.410 e. The van der Waals surface area contributed by atoms with Crippen LogP contribution in [-0.2, 0) is 20.9 Å². The number of carbonyl (C=O) groups is 2. The van der Waals surface area contributed by atoms with Gasteiger partial charge < -0.3 is 19.5 Å². The van der Waals surface area contributed by atoms with Crippen molar-refractivity contribution in [3.8, 4) is 0 Å². The van der Waals surface area contributed by atoms with Crippen molar-refractivity contribution < 1.29 is 24.2 Å². The van der Waals surface area contributed by atoms with Crippen molar-refractivity contribution in [2.24, 2.45) is 0 Å². The van der Waals surface area contributed by atoms with Gasteiger partial charge in [0.2, 0.25) is 0 Å². The molecular weight excluding hydrogens is 372 g/mol. The van der Waals surface area contributed by atoms with Crippen molar-refractivity contribution >= 4 is 12.1 Å². The standard InChI is InChI=1S/C22H34N2O5/c1-17(25)14-24(15-20(26)29-22(2,3)4)19-10-12-23(13-11-19)21(27)28-16-18-8-6-5-7-9-18/h5-9,17,19,25H,10-16H2,1-4H3. The Morgan fingerprint density at radius 1 is 1.21 bits per heavy atom. The van der Waals surface area contributed by atoms with E-state index in [-0.39, 0.29) is 31.3 Å². The lowest BCUT2D eigenvalue weighted by molar-refractivity contribution is -0.157. The zero-order chi connectivity index (χ0) is 21.4. The van der Waals surface area contributed by atoms with Gasteiger partial charge in [0.15, 0.2) is 0 Å². The number of amides is 1. The maximum absolute atomic E-state index is 12.3. The molecule has 1 heterocycles. The maximum Gasteiger partial charge on any atom is 0.410 e. The molecular formula is C22H34N2O5. The molecule has 0 radical (unpaired) electrons. The van der Waals surface area contributed by atoms with Crippen LogP contribution in [0.3, 0.4) is 0 Å². The van der Waals surface area contributed by atoms with Crippen molar-refractivity contribution in [1.82, 2.24) is 9.80 Å². The van der Waals surface area contributed by atoms with E-state index in [9.17, 15) is 14.7 Å². The molecule has 1 unspecified atom stereocenters. The highest BCUT2D eigenvalue weighted by Crippen LogP contribution is 2.19. The summed E-state index contributed by atoms with van der Waals surface area (Å²) in [4.78, 5) is 28.3. The molecule has 0 spiro atoms. The van der Waals surface area contributed by atoms with Crippen LogP contribution in [0, 0.1) is 0 Å². The molecule has 7 heteroatoms. The molecule has 1 aliphatic rings. The van der Waals surface area contributed by atoms with Crippen molar-refractivity contribution in [3.63, 3.8) is 0 Å². The van der Waals surface area contributed by atoms with Crippen molar-refractivity contribution in [2.45, 2.75) is 64.9 Å². The van der Waals surface area contributed by atoms with E-state index in [0.717, 1.165) is 18.4 Å². The summed E-state index contributed by atoms with van der Waals surface area (Å²) >= 11 is 0. The number of hydrogen-bond donors (Lipinski definition) is 1. The number of hydrogen-bond acceptors (Lipinski definition) is 6. The lowest BCUT2D eigenvalue weighted by atomic mass is 10.0. The third kappa shape index (κ3) is 8.41. The number of aliphatic hydroxyl groups is 1. The lowest BCUT2D eigenvalue weighted by Gasteiger charge is -2.38. The molecule has 1 atom stereocenters. The van der Waals surface area contributed by atoms with Gasteiger partial charge in [0, 0.05) is 25.7 Å². The van der Waals surface area contributed by atoms with Crippen LogP contribution < -0.4 is 0 Å². The van der Waals surface area contributed by atoms with E-state index >= 15 is 0 Å². The Hall–Kier alpha value is -2.12. The van der Waals surface area contributed by atoms with Gasteiger partial charge in [-0.3, -0.25) is 9.69 Å². The van der Waals surface area contributed by atoms with Gasteiger partial charge in [-0.15, -0.1) is 0 Å². The fraction of sp³-hybridized carbons (Fsp3) is 0.636. The Balaban J connectivity index is 1.84. The van der Waals surface area contributed by atoms with Crippen LogP contribution in [0.4, 0.5) is 4.79 Å². The Labute approximate surface area is 173 Å². The molecule has 1 aromatic rings. The average molecular weight is 407 g/mol. The second kappa shape index (κ2) is 10.6. The highest BCUT2D eigenvalue weighted by atomic mass is 16.6. The zero-order valence-electron chi connectivity index (χ0n) is 18.0. The number of rotatable bonds is 7. The molecule has 1 saturated heterocycles. The molecule has 0 aromatic heterocycles. The van der Waals surface area contributed by atoms with Crippen LogP contribution in [0.2, 0.25) is 0 Å². The first-order valence-electron chi connectivity index (χ1n) is 10.2. The van der Waals surface area contributed by atoms with E-state index in [0.29, 0.717) is 19.6 Å². The number of nitrogens with zero attached hydrogens (tertiary/aromatic N) is 2. The molecule has 7 nitrogen and oxygen atoms in total. The maximum atomic E-state index is 12.3. The van der Waals surface area contributed by atoms with Crippen molar-refractivity contribution in [3.05, 3.63) is 35.9 Å². The molecule has 1 N–H and O–H groups in total. The highest BCUT2D eigenvalue weighted by molar-refractivity contribution is 5.72. The van der Waals surface area contributed by atoms with E-state index in [2.05, 4.69) is 0 Å². The molecule has 1 fully saturated rings. The number of piperidine rings is 1. The summed E-state index contributed by atoms with van der Waals surface area (Å²) in [5.74, 6) is -0.303. The summed E-state index contributed by atoms with van der Waals surface area (Å²) in [5, 5.41) is 9.84. The monoisotopic (exact) mass is 406 g/mol. The molecule has 1 aliphatic heterocycles. The number of aliphatic hydroxyl groups excluding tert-OH is 1. The third-order valence-electron chi connectivity index (χ3n) is 4.70. The van der Waals surface area contributed by atoms with Crippen LogP contribution >= 0.6 is 0 Å². The summed E-state index contributed by atoms with van der Waals surface area (Å²) in [6.45, 7) is 9.11. The molecule has 0 saturated carbocycles. The number of esters is 1. The van der Waals surface area contributed by atoms with Crippen molar-refractivity contribution in [1.29, 1.82) is 0 Å². The van der Waals surface area contributed by atoms with Gasteiger partial charge in [0.05, 0.1) is 12.6 Å². The fourth-order valence-electron chi connectivity index (χ4n) is 3.45. The first-order chi connectivity index (χ1) is 13.6. The van der Waals surface area contributed by atoms with Crippen LogP contribution in [0.5, 0.6) is 0 Å². The second-order valence-electron chi connectivity index (χ2n) is 8.62. The van der Waals surface area contributed by atoms with Crippen LogP contribution in [-0.4, -0.2) is 70.9 Å². The van der Waals surface area contributed by atoms with E-state index in [1.165, 1.54) is 0 Å². The third-order valence-corrected chi connectivity index (χ3v) is 4.70. The minimum atomic E-state index is -0.550. The highest BCUT2D eigenvalue weighted by Gasteiger charge is 2.30. The van der Waals surface area contributed by atoms with Crippen LogP contribution in [0.15, 0.2) is 30.3 Å². The number of benzene rings is 1. The summed E-state index contributed by atoms with van der Waals surface area (Å²) in [5.41, 5.74) is 0.413. The van der Waals surface area contributed by atoms with Crippen LogP contribution in [0.25, 0.3) is 0 Å². The molecule has 162 valence electrons. The van der Waals surface area contributed by atoms with E-state index in [1.54, 1.807) is 11.8 Å². The number of likely N-dealkylation sites (tertiary alicyclic amines) is 1. The van der Waals surface area contributed by atoms with Gasteiger partial charge in [0.1, 0.15) is 12.2 Å². The molecule has 0 aliphatic carbocycles. The van der Waals surface area contributed by atoms with Gasteiger partial charge in [-0.1, -0.05) is 30.3 Å². The number of ether oxygens (including phenoxy) is 2. The topological polar surface area (TPSA) is 79.3 Å². The van der Waals surface area contributed by atoms with Crippen LogP contribution in [0.1, 0.15) is 46.1 Å². The normalized spacial score (nSPS) is 16.6. The Kier molecular flexibility index (Phi) is 8.46. The quantitative estimate of drug-likeness (QED) is 0.702. The molecule has 29 heavy (non-hydrogen) atoms. The lowest BCUT2D eigenvalue weighted by Crippen LogP contribution is -2.50. The summed E-state index contributed by atoms with van der Waals surface area (Å²) in [7, 11) is 0. The SMILES string of the molecule is CC(O)CN(CC(=O)OC(C)(C)C)C1CCN(C(=O)OCc2ccccc2)CC1. The summed E-state index contributed by atoms with van der Waals surface area (Å²) < 4.78 is 10.8. The minimum Gasteiger partial charge on any atom is -0.459 e. The summed E-state index contributed by atoms with van der Waals surface area (Å²) in [6, 6.07) is 9.70. The van der Waals surface area contributed by atoms with Gasteiger partial charge in [-0.05, 0) is 46.1 Å². The first kappa shape index (κ1) is 23.2. The van der Waals surface area contributed by atoms with E-state index in [4.69, 9.17) is 9.47 Å². The minimum absolute atomic E-state index is 0.107. The molecule has 2 rings (SSSR count). The Bertz CT molecular complexity index is 649. The Morgan fingerprint density at radius 2 is 1.83 bits per heavy atom. The first-order valence-corrected chi connectivity index (χ1v) is 10.2. The van der Waals surface area contributed by atoms with Gasteiger partial charge >= 0.3 is 12.1 Å². The molecule has 1 amide bonds. The van der Waals surface area contributed by atoms with Crippen molar-refractivity contribution in [2.75, 3.05) is 26.2 Å². The van der Waals surface area contributed by atoms with Gasteiger partial charge in [0.25, 0.3) is 0 Å². The van der Waals surface area contributed by atoms with Gasteiger partial charge in [-0.2, -0.15) is 0 Å². The number of carbonyl (C=O) groups excluding carboxylic acids is 2. The summed E-state index contributed by atoms with van der Waals surface area (Å²) in [6.07, 6.45) is 0.569. The predicted octanol–water partition coefficient (Wildman–Crippen LogP) is 2.81. The predicted molar refractivity (Wildman–Crippen MR) is 110 cm³/mol.